The Hall–Kier alpha value is -1.96. The normalized spacial score (nSPS) is 19.3. The van der Waals surface area contributed by atoms with Gasteiger partial charge in [0, 0.05) is 27.4 Å². The van der Waals surface area contributed by atoms with Crippen LogP contribution in [0.2, 0.25) is 5.02 Å². The van der Waals surface area contributed by atoms with Crippen LogP contribution in [0.3, 0.4) is 0 Å². The van der Waals surface area contributed by atoms with Crippen LogP contribution in [-0.4, -0.2) is 38.5 Å². The van der Waals surface area contributed by atoms with Gasteiger partial charge in [0.1, 0.15) is 16.2 Å². The summed E-state index contributed by atoms with van der Waals surface area (Å²) in [6, 6.07) is 6.72. The van der Waals surface area contributed by atoms with Gasteiger partial charge in [0.25, 0.3) is 5.91 Å². The largest absolute Gasteiger partial charge is 0.278 e. The van der Waals surface area contributed by atoms with Crippen molar-refractivity contribution in [2.24, 2.45) is 0 Å². The number of hydrogen-bond acceptors (Lipinski definition) is 6. The SMILES string of the molecule is O=C(c1ccc(Cl)cc1)N1CCCC[C@H](Sc2ncnc3sc4c(c23)CCCC4)C1=O. The average Bonchev–Trinajstić information content (AvgIpc) is 3.08. The van der Waals surface area contributed by atoms with E-state index >= 15 is 0 Å². The molecule has 1 atom stereocenters. The monoisotopic (exact) mass is 471 g/mol. The topological polar surface area (TPSA) is 63.2 Å². The number of nitrogens with zero attached hydrogens (tertiary/aromatic N) is 3. The summed E-state index contributed by atoms with van der Waals surface area (Å²) in [5.41, 5.74) is 1.85. The van der Waals surface area contributed by atoms with Crippen molar-refractivity contribution in [3.05, 3.63) is 51.6 Å². The first-order valence-corrected chi connectivity index (χ1v) is 12.7. The lowest BCUT2D eigenvalue weighted by Crippen LogP contribution is -2.41. The molecule has 2 amide bonds. The van der Waals surface area contributed by atoms with Gasteiger partial charge in [0.05, 0.1) is 5.25 Å². The molecule has 0 spiro atoms. The molecule has 0 bridgehead atoms. The van der Waals surface area contributed by atoms with E-state index in [9.17, 15) is 9.59 Å². The van der Waals surface area contributed by atoms with Crippen molar-refractivity contribution in [3.63, 3.8) is 0 Å². The van der Waals surface area contributed by atoms with Gasteiger partial charge in [0.15, 0.2) is 0 Å². The molecule has 1 aliphatic heterocycles. The Morgan fingerprint density at radius 1 is 1.10 bits per heavy atom. The minimum Gasteiger partial charge on any atom is -0.278 e. The molecule has 3 heterocycles. The number of carbonyl (C=O) groups excluding carboxylic acids is 2. The molecule has 31 heavy (non-hydrogen) atoms. The van der Waals surface area contributed by atoms with E-state index in [1.54, 1.807) is 41.9 Å². The number of thiophene rings is 1. The molecule has 1 aromatic carbocycles. The second kappa shape index (κ2) is 8.88. The number of halogens is 1. The fourth-order valence-electron chi connectivity index (χ4n) is 4.35. The number of amides is 2. The molecule has 2 aliphatic rings. The zero-order chi connectivity index (χ0) is 21.4. The second-order valence-corrected chi connectivity index (χ2v) is 10.7. The zero-order valence-corrected chi connectivity index (χ0v) is 19.4. The summed E-state index contributed by atoms with van der Waals surface area (Å²) in [7, 11) is 0. The molecule has 1 fully saturated rings. The number of hydrogen-bond donors (Lipinski definition) is 0. The summed E-state index contributed by atoms with van der Waals surface area (Å²) < 4.78 is 0. The lowest BCUT2D eigenvalue weighted by atomic mass is 9.97. The summed E-state index contributed by atoms with van der Waals surface area (Å²) in [5, 5.41) is 2.25. The van der Waals surface area contributed by atoms with Crippen LogP contribution in [0.4, 0.5) is 0 Å². The Balaban J connectivity index is 1.44. The van der Waals surface area contributed by atoms with E-state index < -0.39 is 0 Å². The first-order chi connectivity index (χ1) is 15.1. The van der Waals surface area contributed by atoms with Crippen LogP contribution in [0.5, 0.6) is 0 Å². The highest BCUT2D eigenvalue weighted by Gasteiger charge is 2.33. The molecule has 3 aromatic rings. The molecule has 8 heteroatoms. The highest BCUT2D eigenvalue weighted by molar-refractivity contribution is 8.00. The predicted octanol–water partition coefficient (Wildman–Crippen LogP) is 5.54. The Kier molecular flexibility index (Phi) is 5.99. The second-order valence-electron chi connectivity index (χ2n) is 7.97. The third-order valence-corrected chi connectivity index (χ3v) is 8.65. The first-order valence-electron chi connectivity index (χ1n) is 10.6. The lowest BCUT2D eigenvalue weighted by Gasteiger charge is -2.22. The van der Waals surface area contributed by atoms with Crippen molar-refractivity contribution < 1.29 is 9.59 Å². The third kappa shape index (κ3) is 4.11. The molecule has 0 radical (unpaired) electrons. The van der Waals surface area contributed by atoms with Gasteiger partial charge < -0.3 is 0 Å². The Morgan fingerprint density at radius 2 is 1.90 bits per heavy atom. The summed E-state index contributed by atoms with van der Waals surface area (Å²) in [6.45, 7) is 0.449. The van der Waals surface area contributed by atoms with Crippen LogP contribution < -0.4 is 0 Å². The highest BCUT2D eigenvalue weighted by Crippen LogP contribution is 2.41. The van der Waals surface area contributed by atoms with Gasteiger partial charge in [-0.15, -0.1) is 11.3 Å². The van der Waals surface area contributed by atoms with Crippen molar-refractivity contribution in [1.29, 1.82) is 0 Å². The number of rotatable bonds is 3. The maximum Gasteiger partial charge on any atom is 0.260 e. The van der Waals surface area contributed by atoms with Crippen LogP contribution in [0.1, 0.15) is 52.9 Å². The quantitative estimate of drug-likeness (QED) is 0.371. The van der Waals surface area contributed by atoms with Crippen LogP contribution in [-0.2, 0) is 17.6 Å². The van der Waals surface area contributed by atoms with Crippen molar-refractivity contribution >= 4 is 56.7 Å². The number of benzene rings is 1. The smallest absolute Gasteiger partial charge is 0.260 e. The van der Waals surface area contributed by atoms with E-state index in [0.29, 0.717) is 17.1 Å². The number of thioether (sulfide) groups is 1. The fraction of sp³-hybridized carbons (Fsp3) is 0.391. The maximum absolute atomic E-state index is 13.4. The van der Waals surface area contributed by atoms with Crippen molar-refractivity contribution in [2.45, 2.75) is 55.2 Å². The molecule has 5 rings (SSSR count). The Morgan fingerprint density at radius 3 is 2.74 bits per heavy atom. The number of aromatic nitrogens is 2. The van der Waals surface area contributed by atoms with E-state index in [2.05, 4.69) is 9.97 Å². The molecule has 5 nitrogen and oxygen atoms in total. The van der Waals surface area contributed by atoms with Gasteiger partial charge in [-0.25, -0.2) is 9.97 Å². The molecule has 1 saturated heterocycles. The Bertz CT molecular complexity index is 1150. The van der Waals surface area contributed by atoms with Gasteiger partial charge in [-0.1, -0.05) is 29.8 Å². The van der Waals surface area contributed by atoms with Crippen molar-refractivity contribution in [2.75, 3.05) is 6.54 Å². The molecule has 1 aliphatic carbocycles. The standard InChI is InChI=1S/C23H22ClN3O2S2/c24-15-10-8-14(9-11-15)22(28)27-12-4-3-7-18(23(27)29)31-21-19-16-5-1-2-6-17(16)30-20(19)25-13-26-21/h8-11,13,18H,1-7,12H2/t18-/m0/s1. The number of fused-ring (bicyclic) bond motifs is 3. The van der Waals surface area contributed by atoms with Gasteiger partial charge in [-0.2, -0.15) is 0 Å². The van der Waals surface area contributed by atoms with Gasteiger partial charge >= 0.3 is 0 Å². The molecule has 0 N–H and O–H groups in total. The van der Waals surface area contributed by atoms with Crippen LogP contribution in [0, 0.1) is 0 Å². The van der Waals surface area contributed by atoms with E-state index in [1.165, 1.54) is 39.9 Å². The predicted molar refractivity (Wildman–Crippen MR) is 125 cm³/mol. The summed E-state index contributed by atoms with van der Waals surface area (Å²) >= 11 is 9.22. The minimum absolute atomic E-state index is 0.127. The number of likely N-dealkylation sites (tertiary alicyclic amines) is 1. The molecular formula is C23H22ClN3O2S2. The summed E-state index contributed by atoms with van der Waals surface area (Å²) in [5.74, 6) is -0.381. The van der Waals surface area contributed by atoms with Crippen molar-refractivity contribution in [3.8, 4) is 0 Å². The summed E-state index contributed by atoms with van der Waals surface area (Å²) in [4.78, 5) is 39.4. The summed E-state index contributed by atoms with van der Waals surface area (Å²) in [6.07, 6.45) is 8.62. The lowest BCUT2D eigenvalue weighted by molar-refractivity contribution is -0.127. The fourth-order valence-corrected chi connectivity index (χ4v) is 7.00. The van der Waals surface area contributed by atoms with Gasteiger partial charge in [0.2, 0.25) is 5.91 Å². The maximum atomic E-state index is 13.4. The van der Waals surface area contributed by atoms with Crippen molar-refractivity contribution in [1.82, 2.24) is 14.9 Å². The van der Waals surface area contributed by atoms with E-state index in [4.69, 9.17) is 11.6 Å². The van der Waals surface area contributed by atoms with Crippen LogP contribution in [0.15, 0.2) is 35.6 Å². The van der Waals surface area contributed by atoms with Crippen LogP contribution in [0.25, 0.3) is 10.2 Å². The minimum atomic E-state index is -0.323. The van der Waals surface area contributed by atoms with E-state index in [-0.39, 0.29) is 17.1 Å². The zero-order valence-electron chi connectivity index (χ0n) is 17.0. The molecule has 0 saturated carbocycles. The van der Waals surface area contributed by atoms with Gasteiger partial charge in [-0.05, 0) is 68.4 Å². The third-order valence-electron chi connectivity index (χ3n) is 5.95. The number of carbonyl (C=O) groups is 2. The van der Waals surface area contributed by atoms with E-state index in [1.807, 2.05) is 0 Å². The van der Waals surface area contributed by atoms with E-state index in [0.717, 1.165) is 47.3 Å². The number of imide groups is 1. The van der Waals surface area contributed by atoms with Gasteiger partial charge in [-0.3, -0.25) is 14.5 Å². The first kappa shape index (κ1) is 20.9. The van der Waals surface area contributed by atoms with Crippen LogP contribution >= 0.6 is 34.7 Å². The molecular weight excluding hydrogens is 450 g/mol. The molecule has 0 unspecified atom stereocenters. The molecule has 160 valence electrons. The molecule has 2 aromatic heterocycles. The number of aryl methyl sites for hydroxylation is 2. The highest BCUT2D eigenvalue weighted by atomic mass is 35.5. The Labute approximate surface area is 194 Å². The average molecular weight is 472 g/mol.